The second-order valence-electron chi connectivity index (χ2n) is 6.86. The van der Waals surface area contributed by atoms with Crippen LogP contribution in [0.3, 0.4) is 0 Å². The van der Waals surface area contributed by atoms with Gasteiger partial charge in [0.2, 0.25) is 0 Å². The molecule has 2 aliphatic rings. The first kappa shape index (κ1) is 13.8. The molecule has 1 heterocycles. The first-order chi connectivity index (χ1) is 8.50. The summed E-state index contributed by atoms with van der Waals surface area (Å²) < 4.78 is 0. The number of piperidine rings is 1. The molecule has 1 saturated heterocycles. The first-order valence-corrected chi connectivity index (χ1v) is 7.41. The van der Waals surface area contributed by atoms with E-state index in [0.29, 0.717) is 11.5 Å². The minimum atomic E-state index is -0.249. The van der Waals surface area contributed by atoms with E-state index < -0.39 is 0 Å². The third-order valence-electron chi connectivity index (χ3n) is 4.66. The fraction of sp³-hybridized carbons (Fsp3) is 0.933. The maximum atomic E-state index is 9.44. The lowest BCUT2D eigenvalue weighted by atomic mass is 9.83. The van der Waals surface area contributed by atoms with Crippen LogP contribution in [0.1, 0.15) is 52.9 Å². The number of hydrogen-bond acceptors (Lipinski definition) is 3. The number of rotatable bonds is 3. The lowest BCUT2D eigenvalue weighted by Crippen LogP contribution is -2.47. The smallest absolute Gasteiger partial charge is 0.108 e. The summed E-state index contributed by atoms with van der Waals surface area (Å²) in [4.78, 5) is 2.64. The molecule has 3 heteroatoms. The Bertz CT molecular complexity index is 331. The van der Waals surface area contributed by atoms with E-state index in [1.54, 1.807) is 0 Å². The number of likely N-dealkylation sites (tertiary alicyclic amines) is 1. The molecular weight excluding hydrogens is 222 g/mol. The normalized spacial score (nSPS) is 36.4. The molecule has 102 valence electrons. The van der Waals surface area contributed by atoms with E-state index in [9.17, 15) is 5.26 Å². The fourth-order valence-corrected chi connectivity index (χ4v) is 3.75. The average molecular weight is 249 g/mol. The van der Waals surface area contributed by atoms with Crippen molar-refractivity contribution in [1.29, 1.82) is 5.26 Å². The summed E-state index contributed by atoms with van der Waals surface area (Å²) in [5.41, 5.74) is 0.204. The molecule has 2 unspecified atom stereocenters. The molecule has 1 aliphatic heterocycles. The average Bonchev–Trinajstić information content (AvgIpc) is 2.73. The third-order valence-corrected chi connectivity index (χ3v) is 4.66. The Morgan fingerprint density at radius 2 is 2.17 bits per heavy atom. The number of hydrogen-bond donors (Lipinski definition) is 1. The van der Waals surface area contributed by atoms with Crippen molar-refractivity contribution >= 4 is 0 Å². The summed E-state index contributed by atoms with van der Waals surface area (Å²) in [5, 5.41) is 12.8. The number of nitrogens with one attached hydrogen (secondary N) is 1. The predicted molar refractivity (Wildman–Crippen MR) is 74.2 cm³/mol. The highest BCUT2D eigenvalue weighted by atomic mass is 15.2. The van der Waals surface area contributed by atoms with Gasteiger partial charge in [-0.05, 0) is 50.6 Å². The van der Waals surface area contributed by atoms with Crippen LogP contribution in [0.25, 0.3) is 0 Å². The van der Waals surface area contributed by atoms with E-state index >= 15 is 0 Å². The van der Waals surface area contributed by atoms with Gasteiger partial charge in [0, 0.05) is 12.6 Å². The molecule has 1 N–H and O–H groups in total. The van der Waals surface area contributed by atoms with Crippen LogP contribution in [-0.2, 0) is 0 Å². The van der Waals surface area contributed by atoms with Gasteiger partial charge in [-0.2, -0.15) is 5.26 Å². The van der Waals surface area contributed by atoms with E-state index in [1.807, 2.05) is 0 Å². The van der Waals surface area contributed by atoms with Gasteiger partial charge in [0.05, 0.1) is 6.07 Å². The molecule has 2 fully saturated rings. The molecule has 0 aromatic heterocycles. The van der Waals surface area contributed by atoms with Gasteiger partial charge in [0.1, 0.15) is 5.54 Å². The summed E-state index contributed by atoms with van der Waals surface area (Å²) in [7, 11) is 0. The van der Waals surface area contributed by atoms with E-state index in [1.165, 1.54) is 32.4 Å². The van der Waals surface area contributed by atoms with Crippen LogP contribution < -0.4 is 5.32 Å². The molecule has 2 atom stereocenters. The predicted octanol–water partition coefficient (Wildman–Crippen LogP) is 2.53. The van der Waals surface area contributed by atoms with Gasteiger partial charge in [0.15, 0.2) is 0 Å². The van der Waals surface area contributed by atoms with Gasteiger partial charge >= 0.3 is 0 Å². The zero-order valence-corrected chi connectivity index (χ0v) is 12.1. The Morgan fingerprint density at radius 3 is 2.78 bits per heavy atom. The largest absolute Gasteiger partial charge is 0.300 e. The van der Waals surface area contributed by atoms with Crippen LogP contribution in [0.15, 0.2) is 0 Å². The second-order valence-corrected chi connectivity index (χ2v) is 6.86. The minimum Gasteiger partial charge on any atom is -0.300 e. The van der Waals surface area contributed by atoms with E-state index in [0.717, 1.165) is 19.4 Å². The quantitative estimate of drug-likeness (QED) is 0.835. The van der Waals surface area contributed by atoms with Crippen molar-refractivity contribution in [2.75, 3.05) is 19.6 Å². The highest BCUT2D eigenvalue weighted by Gasteiger charge is 2.42. The van der Waals surface area contributed by atoms with Crippen LogP contribution in [0.5, 0.6) is 0 Å². The number of nitriles is 1. The summed E-state index contributed by atoms with van der Waals surface area (Å²) in [6.45, 7) is 10.2. The summed E-state index contributed by atoms with van der Waals surface area (Å²) in [6, 6.07) is 3.14. The van der Waals surface area contributed by atoms with Crippen molar-refractivity contribution in [2.24, 2.45) is 5.41 Å². The molecule has 0 radical (unpaired) electrons. The van der Waals surface area contributed by atoms with Gasteiger partial charge < -0.3 is 0 Å². The molecule has 18 heavy (non-hydrogen) atoms. The Balaban J connectivity index is 1.98. The van der Waals surface area contributed by atoms with Gasteiger partial charge in [-0.25, -0.2) is 0 Å². The molecule has 0 amide bonds. The lowest BCUT2D eigenvalue weighted by molar-refractivity contribution is 0.0780. The zero-order chi connectivity index (χ0) is 13.2. The monoisotopic (exact) mass is 249 g/mol. The SMILES string of the molecule is CCNC1(C#N)CCC(N2CCCC(C)(C)C2)C1. The van der Waals surface area contributed by atoms with Crippen molar-refractivity contribution < 1.29 is 0 Å². The maximum absolute atomic E-state index is 9.44. The second kappa shape index (κ2) is 5.19. The topological polar surface area (TPSA) is 39.1 Å². The van der Waals surface area contributed by atoms with Gasteiger partial charge in [0.25, 0.3) is 0 Å². The summed E-state index contributed by atoms with van der Waals surface area (Å²) >= 11 is 0. The van der Waals surface area contributed by atoms with Crippen molar-refractivity contribution in [3.63, 3.8) is 0 Å². The Labute approximate surface area is 112 Å². The fourth-order valence-electron chi connectivity index (χ4n) is 3.75. The van der Waals surface area contributed by atoms with Crippen molar-refractivity contribution in [1.82, 2.24) is 10.2 Å². The zero-order valence-electron chi connectivity index (χ0n) is 12.1. The van der Waals surface area contributed by atoms with Gasteiger partial charge in [-0.15, -0.1) is 0 Å². The molecule has 3 nitrogen and oxygen atoms in total. The molecule has 0 aromatic carbocycles. The molecule has 1 saturated carbocycles. The number of nitrogens with zero attached hydrogens (tertiary/aromatic N) is 2. The van der Waals surface area contributed by atoms with E-state index in [2.05, 4.69) is 37.1 Å². The highest BCUT2D eigenvalue weighted by Crippen LogP contribution is 2.37. The Hall–Kier alpha value is -0.590. The standard InChI is InChI=1S/C15H27N3/c1-4-17-15(11-16)8-6-13(10-15)18-9-5-7-14(2,3)12-18/h13,17H,4-10,12H2,1-3H3. The maximum Gasteiger partial charge on any atom is 0.108 e. The van der Waals surface area contributed by atoms with Gasteiger partial charge in [-0.3, -0.25) is 10.2 Å². The van der Waals surface area contributed by atoms with Crippen molar-refractivity contribution in [3.05, 3.63) is 0 Å². The van der Waals surface area contributed by atoms with Crippen molar-refractivity contribution in [3.8, 4) is 6.07 Å². The third kappa shape index (κ3) is 2.87. The summed E-state index contributed by atoms with van der Waals surface area (Å²) in [6.07, 6.45) is 5.85. The molecular formula is C15H27N3. The van der Waals surface area contributed by atoms with Crippen LogP contribution in [-0.4, -0.2) is 36.1 Å². The minimum absolute atomic E-state index is 0.249. The molecule has 0 aromatic rings. The first-order valence-electron chi connectivity index (χ1n) is 7.41. The molecule has 0 spiro atoms. The van der Waals surface area contributed by atoms with E-state index in [-0.39, 0.29) is 5.54 Å². The van der Waals surface area contributed by atoms with Crippen molar-refractivity contribution in [2.45, 2.75) is 64.5 Å². The molecule has 0 bridgehead atoms. The van der Waals surface area contributed by atoms with Crippen LogP contribution in [0.4, 0.5) is 0 Å². The van der Waals surface area contributed by atoms with Gasteiger partial charge in [-0.1, -0.05) is 20.8 Å². The molecule has 2 rings (SSSR count). The Kier molecular flexibility index (Phi) is 3.99. The lowest BCUT2D eigenvalue weighted by Gasteiger charge is -2.41. The van der Waals surface area contributed by atoms with Crippen LogP contribution in [0.2, 0.25) is 0 Å². The van der Waals surface area contributed by atoms with Crippen LogP contribution >= 0.6 is 0 Å². The van der Waals surface area contributed by atoms with Crippen LogP contribution in [0, 0.1) is 16.7 Å². The highest BCUT2D eigenvalue weighted by molar-refractivity contribution is 5.13. The van der Waals surface area contributed by atoms with E-state index in [4.69, 9.17) is 0 Å². The molecule has 1 aliphatic carbocycles. The Morgan fingerprint density at radius 1 is 1.39 bits per heavy atom. The summed E-state index contributed by atoms with van der Waals surface area (Å²) in [5.74, 6) is 0.